The largest absolute Gasteiger partial charge is 0.444 e. The molecule has 1 aliphatic rings. The van der Waals surface area contributed by atoms with Crippen molar-refractivity contribution in [2.75, 3.05) is 6.54 Å². The highest BCUT2D eigenvalue weighted by Gasteiger charge is 2.37. The molecule has 6 nitrogen and oxygen atoms in total. The highest BCUT2D eigenvalue weighted by molar-refractivity contribution is 7.14. The van der Waals surface area contributed by atoms with Gasteiger partial charge in [-0.25, -0.2) is 9.78 Å². The van der Waals surface area contributed by atoms with Crippen LogP contribution in [0.1, 0.15) is 87.6 Å². The molecule has 0 aromatic carbocycles. The number of ether oxygens (including phenoxy) is 1. The number of aromatic nitrogens is 1. The van der Waals surface area contributed by atoms with Crippen LogP contribution in [0.4, 0.5) is 4.79 Å². The summed E-state index contributed by atoms with van der Waals surface area (Å²) in [7, 11) is 0. The monoisotopic (exact) mass is 395 g/mol. The van der Waals surface area contributed by atoms with Crippen molar-refractivity contribution in [1.82, 2.24) is 15.6 Å². The second kappa shape index (κ2) is 7.78. The van der Waals surface area contributed by atoms with Gasteiger partial charge in [-0.2, -0.15) is 0 Å². The molecule has 152 valence electrons. The number of nitrogens with zero attached hydrogens (tertiary/aromatic N) is 1. The third-order valence-corrected chi connectivity index (χ3v) is 6.14. The first-order chi connectivity index (χ1) is 12.3. The van der Waals surface area contributed by atoms with Gasteiger partial charge in [0.1, 0.15) is 10.5 Å². The molecule has 0 atom stereocenters. The Labute approximate surface area is 166 Å². The van der Waals surface area contributed by atoms with E-state index in [2.05, 4.69) is 36.4 Å². The van der Waals surface area contributed by atoms with E-state index < -0.39 is 17.2 Å². The van der Waals surface area contributed by atoms with Gasteiger partial charge in [-0.15, -0.1) is 11.3 Å². The van der Waals surface area contributed by atoms with E-state index in [1.807, 2.05) is 27.7 Å². The maximum atomic E-state index is 13.0. The molecule has 0 radical (unpaired) electrons. The van der Waals surface area contributed by atoms with Crippen molar-refractivity contribution in [2.24, 2.45) is 0 Å². The van der Waals surface area contributed by atoms with E-state index in [0.717, 1.165) is 36.4 Å². The van der Waals surface area contributed by atoms with Crippen molar-refractivity contribution in [1.29, 1.82) is 0 Å². The quantitative estimate of drug-likeness (QED) is 0.796. The molecule has 1 saturated carbocycles. The molecule has 1 aromatic heterocycles. The normalized spacial score (nSPS) is 16.9. The summed E-state index contributed by atoms with van der Waals surface area (Å²) in [4.78, 5) is 30.2. The van der Waals surface area contributed by atoms with Crippen LogP contribution in [-0.4, -0.2) is 34.7 Å². The van der Waals surface area contributed by atoms with E-state index in [1.54, 1.807) is 0 Å². The SMILES string of the molecule is Cc1nc(C(C)(C)C)sc1C(=O)NC1(CNC(=O)OC(C)(C)C)CCCC1. The fourth-order valence-corrected chi connectivity index (χ4v) is 4.20. The van der Waals surface area contributed by atoms with Crippen LogP contribution in [0.3, 0.4) is 0 Å². The van der Waals surface area contributed by atoms with Crippen LogP contribution in [0, 0.1) is 6.92 Å². The molecule has 1 fully saturated rings. The third-order valence-electron chi connectivity index (χ3n) is 4.55. The molecule has 1 aromatic rings. The first kappa shape index (κ1) is 21.7. The number of carbonyl (C=O) groups is 2. The zero-order chi connectivity index (χ0) is 20.5. The van der Waals surface area contributed by atoms with E-state index >= 15 is 0 Å². The summed E-state index contributed by atoms with van der Waals surface area (Å²) in [6.45, 7) is 14.0. The smallest absolute Gasteiger partial charge is 0.407 e. The lowest BCUT2D eigenvalue weighted by Gasteiger charge is -2.31. The fourth-order valence-electron chi connectivity index (χ4n) is 3.18. The minimum absolute atomic E-state index is 0.0860. The Morgan fingerprint density at radius 1 is 1.15 bits per heavy atom. The van der Waals surface area contributed by atoms with Gasteiger partial charge in [0.25, 0.3) is 5.91 Å². The number of rotatable bonds is 4. The Morgan fingerprint density at radius 2 is 1.74 bits per heavy atom. The van der Waals surface area contributed by atoms with Crippen molar-refractivity contribution in [2.45, 2.75) is 90.7 Å². The van der Waals surface area contributed by atoms with E-state index in [-0.39, 0.29) is 11.3 Å². The van der Waals surface area contributed by atoms with Gasteiger partial charge in [-0.3, -0.25) is 4.79 Å². The highest BCUT2D eigenvalue weighted by Crippen LogP contribution is 2.32. The van der Waals surface area contributed by atoms with Crippen LogP contribution < -0.4 is 10.6 Å². The number of hydrogen-bond donors (Lipinski definition) is 2. The molecule has 0 saturated heterocycles. The van der Waals surface area contributed by atoms with Crippen molar-refractivity contribution in [3.8, 4) is 0 Å². The molecule has 1 heterocycles. The topological polar surface area (TPSA) is 80.3 Å². The fraction of sp³-hybridized carbons (Fsp3) is 0.750. The van der Waals surface area contributed by atoms with Gasteiger partial charge in [-0.1, -0.05) is 33.6 Å². The lowest BCUT2D eigenvalue weighted by atomic mass is 9.97. The van der Waals surface area contributed by atoms with E-state index in [1.165, 1.54) is 11.3 Å². The van der Waals surface area contributed by atoms with Gasteiger partial charge in [-0.05, 0) is 40.5 Å². The van der Waals surface area contributed by atoms with Gasteiger partial charge in [0.05, 0.1) is 16.2 Å². The molecular formula is C20H33N3O3S. The summed E-state index contributed by atoms with van der Waals surface area (Å²) in [5.74, 6) is -0.103. The molecule has 27 heavy (non-hydrogen) atoms. The Balaban J connectivity index is 2.08. The zero-order valence-corrected chi connectivity index (χ0v) is 18.4. The van der Waals surface area contributed by atoms with Crippen LogP contribution in [0.2, 0.25) is 0 Å². The number of alkyl carbamates (subject to hydrolysis) is 1. The third kappa shape index (κ3) is 5.92. The number of carbonyl (C=O) groups excluding carboxylic acids is 2. The Hall–Kier alpha value is -1.63. The Bertz CT molecular complexity index is 692. The lowest BCUT2D eigenvalue weighted by molar-refractivity contribution is 0.0505. The molecular weight excluding hydrogens is 362 g/mol. The maximum absolute atomic E-state index is 13.0. The second-order valence-corrected chi connectivity index (χ2v) is 10.5. The molecule has 0 spiro atoms. The molecule has 0 aliphatic heterocycles. The standard InChI is InChI=1S/C20H33N3O3S/c1-13-14(27-16(22-13)18(2,3)4)15(24)23-20(10-8-9-11-20)12-21-17(25)26-19(5,6)7/h8-12H2,1-7H3,(H,21,25)(H,23,24). The lowest BCUT2D eigenvalue weighted by Crippen LogP contribution is -2.54. The number of nitrogens with one attached hydrogen (secondary N) is 2. The first-order valence-electron chi connectivity index (χ1n) is 9.59. The Morgan fingerprint density at radius 3 is 2.22 bits per heavy atom. The van der Waals surface area contributed by atoms with E-state index in [9.17, 15) is 9.59 Å². The maximum Gasteiger partial charge on any atom is 0.407 e. The van der Waals surface area contributed by atoms with Gasteiger partial charge in [0, 0.05) is 12.0 Å². The molecule has 1 aliphatic carbocycles. The summed E-state index contributed by atoms with van der Waals surface area (Å²) < 4.78 is 5.32. The molecule has 7 heteroatoms. The second-order valence-electron chi connectivity index (χ2n) is 9.48. The van der Waals surface area contributed by atoms with Gasteiger partial charge in [0.15, 0.2) is 0 Å². The van der Waals surface area contributed by atoms with Crippen molar-refractivity contribution in [3.05, 3.63) is 15.6 Å². The average molecular weight is 396 g/mol. The molecule has 2 amide bonds. The summed E-state index contributed by atoms with van der Waals surface area (Å²) in [6.07, 6.45) is 3.31. The van der Waals surface area contributed by atoms with Crippen molar-refractivity contribution >= 4 is 23.3 Å². The number of amides is 2. The number of hydrogen-bond acceptors (Lipinski definition) is 5. The average Bonchev–Trinajstić information content (AvgIpc) is 3.10. The minimum atomic E-state index is -0.542. The summed E-state index contributed by atoms with van der Waals surface area (Å²) in [5.41, 5.74) is -0.293. The number of aryl methyl sites for hydroxylation is 1. The van der Waals surface area contributed by atoms with Gasteiger partial charge < -0.3 is 15.4 Å². The molecule has 0 unspecified atom stereocenters. The summed E-state index contributed by atoms with van der Waals surface area (Å²) in [5, 5.41) is 6.98. The van der Waals surface area contributed by atoms with Crippen LogP contribution in [0.25, 0.3) is 0 Å². The van der Waals surface area contributed by atoms with Crippen LogP contribution in [-0.2, 0) is 10.2 Å². The molecule has 0 bridgehead atoms. The summed E-state index contributed by atoms with van der Waals surface area (Å²) in [6, 6.07) is 0. The van der Waals surface area contributed by atoms with E-state index in [4.69, 9.17) is 4.74 Å². The minimum Gasteiger partial charge on any atom is -0.444 e. The predicted molar refractivity (Wildman–Crippen MR) is 108 cm³/mol. The van der Waals surface area contributed by atoms with Gasteiger partial charge in [0.2, 0.25) is 0 Å². The predicted octanol–water partition coefficient (Wildman–Crippen LogP) is 4.32. The van der Waals surface area contributed by atoms with Gasteiger partial charge >= 0.3 is 6.09 Å². The van der Waals surface area contributed by atoms with Crippen LogP contribution >= 0.6 is 11.3 Å². The first-order valence-corrected chi connectivity index (χ1v) is 10.4. The highest BCUT2D eigenvalue weighted by atomic mass is 32.1. The Kier molecular flexibility index (Phi) is 6.24. The van der Waals surface area contributed by atoms with Crippen molar-refractivity contribution in [3.63, 3.8) is 0 Å². The van der Waals surface area contributed by atoms with Crippen LogP contribution in [0.5, 0.6) is 0 Å². The van der Waals surface area contributed by atoms with Crippen molar-refractivity contribution < 1.29 is 14.3 Å². The van der Waals surface area contributed by atoms with Crippen LogP contribution in [0.15, 0.2) is 0 Å². The molecule has 2 rings (SSSR count). The van der Waals surface area contributed by atoms with E-state index in [0.29, 0.717) is 11.4 Å². The zero-order valence-electron chi connectivity index (χ0n) is 17.6. The number of thiazole rings is 1. The molecule has 2 N–H and O–H groups in total. The summed E-state index contributed by atoms with van der Waals surface area (Å²) >= 11 is 1.45.